The summed E-state index contributed by atoms with van der Waals surface area (Å²) in [5.41, 5.74) is 13.4. The molecule has 40 heavy (non-hydrogen) atoms. The highest BCUT2D eigenvalue weighted by molar-refractivity contribution is 5.91. The van der Waals surface area contributed by atoms with Gasteiger partial charge < -0.3 is 15.5 Å². The lowest BCUT2D eigenvalue weighted by atomic mass is 10.0. The lowest BCUT2D eigenvalue weighted by molar-refractivity contribution is 0.0447. The molecule has 202 valence electrons. The summed E-state index contributed by atoms with van der Waals surface area (Å²) in [5, 5.41) is 0.962. The minimum atomic E-state index is -0.375. The summed E-state index contributed by atoms with van der Waals surface area (Å²) in [6.45, 7) is 4.84. The van der Waals surface area contributed by atoms with Gasteiger partial charge in [-0.15, -0.1) is 0 Å². The van der Waals surface area contributed by atoms with Crippen molar-refractivity contribution in [2.24, 2.45) is 5.73 Å². The van der Waals surface area contributed by atoms with Gasteiger partial charge in [0.25, 0.3) is 0 Å². The quantitative estimate of drug-likeness (QED) is 0.290. The number of esters is 1. The van der Waals surface area contributed by atoms with Gasteiger partial charge >= 0.3 is 5.97 Å². The molecule has 4 aromatic heterocycles. The number of nitrogens with two attached hydrogens (primary N) is 1. The lowest BCUT2D eigenvalue weighted by Gasteiger charge is -2.30. The van der Waals surface area contributed by atoms with Gasteiger partial charge in [0.2, 0.25) is 0 Å². The van der Waals surface area contributed by atoms with Crippen molar-refractivity contribution in [2.75, 3.05) is 26.2 Å². The third-order valence-electron chi connectivity index (χ3n) is 7.22. The average Bonchev–Trinajstić information content (AvgIpc) is 3.47. The number of H-pyrrole nitrogens is 1. The van der Waals surface area contributed by atoms with Gasteiger partial charge in [0.15, 0.2) is 0 Å². The van der Waals surface area contributed by atoms with E-state index >= 15 is 0 Å². The molecule has 1 aliphatic rings. The van der Waals surface area contributed by atoms with E-state index < -0.39 is 0 Å². The zero-order chi connectivity index (χ0) is 27.5. The van der Waals surface area contributed by atoms with E-state index in [4.69, 9.17) is 10.5 Å². The van der Waals surface area contributed by atoms with E-state index in [2.05, 4.69) is 35.9 Å². The number of imidazole rings is 1. The Hall–Kier alpha value is -4.47. The number of carbonyl (C=O) groups excluding carboxylic acids is 1. The number of nitrogens with one attached hydrogen (secondary N) is 1. The fourth-order valence-corrected chi connectivity index (χ4v) is 5.14. The molecule has 1 aromatic carbocycles. The molecular weight excluding hydrogens is 502 g/mol. The molecule has 0 spiro atoms. The third-order valence-corrected chi connectivity index (χ3v) is 7.22. The number of likely N-dealkylation sites (tertiary alicyclic amines) is 1. The van der Waals surface area contributed by atoms with Gasteiger partial charge in [0.1, 0.15) is 6.61 Å². The minimum absolute atomic E-state index is 0.205. The van der Waals surface area contributed by atoms with Crippen LogP contribution in [-0.4, -0.2) is 68.1 Å². The summed E-state index contributed by atoms with van der Waals surface area (Å²) in [4.78, 5) is 36.4. The van der Waals surface area contributed by atoms with Crippen molar-refractivity contribution < 1.29 is 9.53 Å². The number of ether oxygens (including phenoxy) is 1. The van der Waals surface area contributed by atoms with Crippen molar-refractivity contribution in [3.8, 4) is 33.9 Å². The molecule has 3 N–H and O–H groups in total. The molecule has 0 saturated carbocycles. The molecule has 1 fully saturated rings. The molecule has 6 rings (SSSR count). The average molecular weight is 534 g/mol. The maximum Gasteiger partial charge on any atom is 0.339 e. The van der Waals surface area contributed by atoms with Gasteiger partial charge in [0, 0.05) is 53.7 Å². The number of aromatic amines is 1. The number of piperidine rings is 1. The molecular formula is C31H31N7O2. The Morgan fingerprint density at radius 3 is 2.77 bits per heavy atom. The molecule has 0 aliphatic carbocycles. The number of pyridine rings is 3. The number of nitrogens with zero attached hydrogens (tertiary/aromatic N) is 5. The predicted molar refractivity (Wildman–Crippen MR) is 154 cm³/mol. The van der Waals surface area contributed by atoms with Crippen molar-refractivity contribution in [1.82, 2.24) is 29.8 Å². The molecule has 0 radical (unpaired) electrons. The highest BCUT2D eigenvalue weighted by Gasteiger charge is 2.17. The van der Waals surface area contributed by atoms with Crippen LogP contribution in [0.15, 0.2) is 73.3 Å². The Morgan fingerprint density at radius 2 is 1.95 bits per heavy atom. The summed E-state index contributed by atoms with van der Waals surface area (Å²) in [7, 11) is 0. The molecule has 0 amide bonds. The van der Waals surface area contributed by atoms with Crippen molar-refractivity contribution >= 4 is 16.9 Å². The van der Waals surface area contributed by atoms with E-state index in [0.29, 0.717) is 18.7 Å². The summed E-state index contributed by atoms with van der Waals surface area (Å²) >= 11 is 0. The van der Waals surface area contributed by atoms with E-state index in [0.717, 1.165) is 76.4 Å². The van der Waals surface area contributed by atoms with Gasteiger partial charge in [-0.2, -0.15) is 0 Å². The molecule has 1 aliphatic heterocycles. The third kappa shape index (κ3) is 5.61. The summed E-state index contributed by atoms with van der Waals surface area (Å²) in [6.07, 6.45) is 7.18. The number of benzene rings is 1. The van der Waals surface area contributed by atoms with Crippen LogP contribution < -0.4 is 5.73 Å². The van der Waals surface area contributed by atoms with E-state index in [9.17, 15) is 4.79 Å². The van der Waals surface area contributed by atoms with Gasteiger partial charge in [-0.1, -0.05) is 12.1 Å². The van der Waals surface area contributed by atoms with Crippen molar-refractivity contribution in [3.63, 3.8) is 0 Å². The van der Waals surface area contributed by atoms with Crippen LogP contribution in [-0.2, 0) is 4.74 Å². The fraction of sp³-hybridized carbons (Fsp3) is 0.258. The fourth-order valence-electron chi connectivity index (χ4n) is 5.14. The van der Waals surface area contributed by atoms with Crippen LogP contribution in [0.1, 0.15) is 28.9 Å². The summed E-state index contributed by atoms with van der Waals surface area (Å²) < 4.78 is 5.48. The lowest BCUT2D eigenvalue weighted by Crippen LogP contribution is -2.44. The number of aromatic nitrogens is 5. The molecule has 0 unspecified atom stereocenters. The Balaban J connectivity index is 1.17. The Kier molecular flexibility index (Phi) is 7.31. The predicted octanol–water partition coefficient (Wildman–Crippen LogP) is 4.64. The molecule has 0 bridgehead atoms. The number of fused-ring (bicyclic) bond motifs is 1. The van der Waals surface area contributed by atoms with Crippen molar-refractivity contribution in [1.29, 1.82) is 0 Å². The standard InChI is InChI=1S/C31H31N7O2/c1-20-4-2-6-28(37-20)30-29(35-19-36-30)21-7-9-26-23(14-21)15-24(17-34-26)27-10-8-22(16-33-27)31(39)40-13-12-38-11-3-5-25(32)18-38/h2,4,6-10,14-17,19,25H,3,5,11-13,18,32H2,1H3,(H,35,36)/t25-/m0/s1. The maximum absolute atomic E-state index is 12.5. The van der Waals surface area contributed by atoms with Crippen molar-refractivity contribution in [2.45, 2.75) is 25.8 Å². The second-order valence-electron chi connectivity index (χ2n) is 10.2. The van der Waals surface area contributed by atoms with Crippen LogP contribution in [0.2, 0.25) is 0 Å². The van der Waals surface area contributed by atoms with Gasteiger partial charge in [-0.05, 0) is 68.8 Å². The largest absolute Gasteiger partial charge is 0.461 e. The molecule has 5 heterocycles. The minimum Gasteiger partial charge on any atom is -0.461 e. The topological polar surface area (TPSA) is 123 Å². The van der Waals surface area contributed by atoms with Crippen LogP contribution in [0.4, 0.5) is 0 Å². The smallest absolute Gasteiger partial charge is 0.339 e. The first-order valence-electron chi connectivity index (χ1n) is 13.5. The highest BCUT2D eigenvalue weighted by Crippen LogP contribution is 2.31. The van der Waals surface area contributed by atoms with Crippen LogP contribution in [0.3, 0.4) is 0 Å². The number of hydrogen-bond donors (Lipinski definition) is 2. The first-order chi connectivity index (χ1) is 19.5. The number of aryl methyl sites for hydroxylation is 1. The Morgan fingerprint density at radius 1 is 1.05 bits per heavy atom. The number of carbonyl (C=O) groups is 1. The van der Waals surface area contributed by atoms with Crippen LogP contribution in [0.5, 0.6) is 0 Å². The zero-order valence-corrected chi connectivity index (χ0v) is 22.4. The van der Waals surface area contributed by atoms with Gasteiger partial charge in [-0.3, -0.25) is 19.9 Å². The van der Waals surface area contributed by atoms with Gasteiger partial charge in [-0.25, -0.2) is 9.78 Å². The molecule has 5 aromatic rings. The number of hydrogen-bond acceptors (Lipinski definition) is 8. The summed E-state index contributed by atoms with van der Waals surface area (Å²) in [5.74, 6) is -0.375. The second kappa shape index (κ2) is 11.3. The number of rotatable bonds is 7. The monoisotopic (exact) mass is 533 g/mol. The SMILES string of the molecule is Cc1cccc(-c2[nH]cnc2-c2ccc3ncc(-c4ccc(C(=O)OCCN5CCC[C@H](N)C5)cn4)cc3c2)n1. The Bertz CT molecular complexity index is 1650. The van der Waals surface area contributed by atoms with Crippen LogP contribution in [0.25, 0.3) is 44.8 Å². The molecule has 9 heteroatoms. The maximum atomic E-state index is 12.5. The second-order valence-corrected chi connectivity index (χ2v) is 10.2. The highest BCUT2D eigenvalue weighted by atomic mass is 16.5. The van der Waals surface area contributed by atoms with Crippen molar-refractivity contribution in [3.05, 3.63) is 84.6 Å². The molecule has 9 nitrogen and oxygen atoms in total. The summed E-state index contributed by atoms with van der Waals surface area (Å²) in [6, 6.07) is 17.8. The zero-order valence-electron chi connectivity index (χ0n) is 22.4. The first-order valence-corrected chi connectivity index (χ1v) is 13.5. The van der Waals surface area contributed by atoms with Gasteiger partial charge in [0.05, 0.1) is 40.2 Å². The van der Waals surface area contributed by atoms with Crippen LogP contribution >= 0.6 is 0 Å². The molecule has 1 atom stereocenters. The van der Waals surface area contributed by atoms with E-state index in [1.807, 2.05) is 49.4 Å². The van der Waals surface area contributed by atoms with E-state index in [1.54, 1.807) is 24.8 Å². The van der Waals surface area contributed by atoms with E-state index in [-0.39, 0.29) is 12.0 Å². The normalized spacial score (nSPS) is 15.8. The Labute approximate surface area is 232 Å². The van der Waals surface area contributed by atoms with Crippen LogP contribution in [0, 0.1) is 6.92 Å². The van der Waals surface area contributed by atoms with E-state index in [1.165, 1.54) is 0 Å². The first kappa shape index (κ1) is 25.8. The molecule has 1 saturated heterocycles.